The molecule has 2 aromatic rings. The third-order valence-corrected chi connectivity index (χ3v) is 4.58. The molecule has 0 aliphatic carbocycles. The molecule has 138 valence electrons. The predicted molar refractivity (Wildman–Crippen MR) is 104 cm³/mol. The van der Waals surface area contributed by atoms with Crippen molar-refractivity contribution in [3.05, 3.63) is 52.3 Å². The van der Waals surface area contributed by atoms with E-state index in [-0.39, 0.29) is 5.91 Å². The fourth-order valence-electron chi connectivity index (χ4n) is 2.63. The van der Waals surface area contributed by atoms with E-state index in [1.54, 1.807) is 36.7 Å². The summed E-state index contributed by atoms with van der Waals surface area (Å²) < 4.78 is 5.31. The minimum absolute atomic E-state index is 0.156. The number of benzene rings is 1. The molecule has 2 N–H and O–H groups in total. The van der Waals surface area contributed by atoms with Gasteiger partial charge in [-0.25, -0.2) is 0 Å². The van der Waals surface area contributed by atoms with Gasteiger partial charge >= 0.3 is 0 Å². The van der Waals surface area contributed by atoms with Gasteiger partial charge in [0, 0.05) is 37.4 Å². The summed E-state index contributed by atoms with van der Waals surface area (Å²) >= 11 is 12.1. The number of hydrogen-bond donors (Lipinski definition) is 2. The molecule has 1 fully saturated rings. The molecular weight excluding hydrogens is 375 g/mol. The number of rotatable bonds is 6. The maximum absolute atomic E-state index is 12.3. The van der Waals surface area contributed by atoms with Gasteiger partial charge in [0.25, 0.3) is 5.91 Å². The zero-order valence-corrected chi connectivity index (χ0v) is 15.7. The number of aromatic nitrogens is 1. The Morgan fingerprint density at radius 2 is 2.00 bits per heavy atom. The highest BCUT2D eigenvalue weighted by molar-refractivity contribution is 6.36. The van der Waals surface area contributed by atoms with E-state index in [2.05, 4.69) is 20.5 Å². The smallest absolute Gasteiger partial charge is 0.252 e. The maximum atomic E-state index is 12.3. The van der Waals surface area contributed by atoms with Crippen LogP contribution in [0.1, 0.15) is 10.4 Å². The van der Waals surface area contributed by atoms with Crippen molar-refractivity contribution in [1.82, 2.24) is 15.2 Å². The molecule has 0 atom stereocenters. The van der Waals surface area contributed by atoms with Crippen LogP contribution in [0.2, 0.25) is 10.0 Å². The van der Waals surface area contributed by atoms with Gasteiger partial charge in [0.2, 0.25) is 0 Å². The maximum Gasteiger partial charge on any atom is 0.252 e. The summed E-state index contributed by atoms with van der Waals surface area (Å²) in [5.41, 5.74) is 1.86. The Morgan fingerprint density at radius 1 is 1.19 bits per heavy atom. The van der Waals surface area contributed by atoms with Crippen LogP contribution in [-0.4, -0.2) is 55.2 Å². The van der Waals surface area contributed by atoms with Gasteiger partial charge in [0.05, 0.1) is 41.4 Å². The third kappa shape index (κ3) is 5.32. The Balaban J connectivity index is 1.56. The van der Waals surface area contributed by atoms with Gasteiger partial charge in [-0.05, 0) is 24.3 Å². The van der Waals surface area contributed by atoms with Crippen LogP contribution in [0.5, 0.6) is 0 Å². The second-order valence-corrected chi connectivity index (χ2v) is 6.77. The Kier molecular flexibility index (Phi) is 6.68. The number of nitrogens with one attached hydrogen (secondary N) is 2. The van der Waals surface area contributed by atoms with Gasteiger partial charge < -0.3 is 15.4 Å². The van der Waals surface area contributed by atoms with Crippen molar-refractivity contribution in [2.24, 2.45) is 0 Å². The van der Waals surface area contributed by atoms with E-state index in [0.29, 0.717) is 33.5 Å². The number of nitrogens with zero attached hydrogens (tertiary/aromatic N) is 2. The lowest BCUT2D eigenvalue weighted by Gasteiger charge is -2.26. The Hall–Kier alpha value is -1.86. The molecule has 1 aromatic carbocycles. The molecule has 0 radical (unpaired) electrons. The molecule has 8 heteroatoms. The number of carbonyl (C=O) groups is 1. The quantitative estimate of drug-likeness (QED) is 0.787. The molecule has 0 bridgehead atoms. The number of ether oxygens (including phenoxy) is 1. The first kappa shape index (κ1) is 18.9. The fourth-order valence-corrected chi connectivity index (χ4v) is 3.09. The molecule has 0 spiro atoms. The van der Waals surface area contributed by atoms with Crippen molar-refractivity contribution in [2.75, 3.05) is 44.7 Å². The van der Waals surface area contributed by atoms with E-state index < -0.39 is 0 Å². The van der Waals surface area contributed by atoms with Crippen LogP contribution in [0.15, 0.2) is 36.7 Å². The summed E-state index contributed by atoms with van der Waals surface area (Å²) in [6, 6.07) is 6.91. The molecule has 26 heavy (non-hydrogen) atoms. The monoisotopic (exact) mass is 394 g/mol. The van der Waals surface area contributed by atoms with E-state index in [9.17, 15) is 4.79 Å². The van der Waals surface area contributed by atoms with E-state index in [0.717, 1.165) is 32.8 Å². The zero-order chi connectivity index (χ0) is 18.4. The van der Waals surface area contributed by atoms with Crippen LogP contribution in [0, 0.1) is 0 Å². The molecule has 2 heterocycles. The minimum Gasteiger partial charge on any atom is -0.379 e. The zero-order valence-electron chi connectivity index (χ0n) is 14.2. The molecule has 1 amide bonds. The number of anilines is 2. The van der Waals surface area contributed by atoms with Gasteiger partial charge in [-0.3, -0.25) is 14.7 Å². The summed E-state index contributed by atoms with van der Waals surface area (Å²) in [6.45, 7) is 4.69. The normalized spacial score (nSPS) is 14.8. The van der Waals surface area contributed by atoms with Gasteiger partial charge in [-0.1, -0.05) is 23.2 Å². The van der Waals surface area contributed by atoms with Crippen molar-refractivity contribution in [1.29, 1.82) is 0 Å². The molecule has 0 saturated carbocycles. The van der Waals surface area contributed by atoms with Crippen LogP contribution in [0.25, 0.3) is 0 Å². The van der Waals surface area contributed by atoms with Crippen molar-refractivity contribution >= 4 is 40.5 Å². The number of amides is 1. The van der Waals surface area contributed by atoms with Gasteiger partial charge in [-0.15, -0.1) is 0 Å². The lowest BCUT2D eigenvalue weighted by molar-refractivity contribution is 0.0383. The lowest BCUT2D eigenvalue weighted by atomic mass is 10.2. The average molecular weight is 395 g/mol. The second-order valence-electron chi connectivity index (χ2n) is 5.92. The summed E-state index contributed by atoms with van der Waals surface area (Å²) in [7, 11) is 0. The van der Waals surface area contributed by atoms with Crippen LogP contribution >= 0.6 is 23.2 Å². The lowest BCUT2D eigenvalue weighted by Crippen LogP contribution is -2.41. The molecule has 3 rings (SSSR count). The van der Waals surface area contributed by atoms with Crippen molar-refractivity contribution < 1.29 is 9.53 Å². The first-order valence-corrected chi connectivity index (χ1v) is 9.13. The van der Waals surface area contributed by atoms with Gasteiger partial charge in [0.15, 0.2) is 0 Å². The van der Waals surface area contributed by atoms with Crippen molar-refractivity contribution in [2.45, 2.75) is 0 Å². The largest absolute Gasteiger partial charge is 0.379 e. The van der Waals surface area contributed by atoms with E-state index in [1.165, 1.54) is 0 Å². The molecule has 0 unspecified atom stereocenters. The molecule has 1 aliphatic heterocycles. The van der Waals surface area contributed by atoms with Crippen LogP contribution in [-0.2, 0) is 4.74 Å². The average Bonchev–Trinajstić information content (AvgIpc) is 2.65. The number of carbonyl (C=O) groups excluding carboxylic acids is 1. The Bertz CT molecular complexity index is 767. The van der Waals surface area contributed by atoms with Crippen LogP contribution in [0.4, 0.5) is 11.4 Å². The summed E-state index contributed by atoms with van der Waals surface area (Å²) in [5, 5.41) is 7.13. The predicted octanol–water partition coefficient (Wildman–Crippen LogP) is 3.19. The standard InChI is InChI=1S/C18H20Cl2N4O2/c19-14-1-2-17(16(20)10-14)23-15-9-13(11-21-12-15)18(25)22-3-4-24-5-7-26-8-6-24/h1-2,9-12,23H,3-8H2,(H,22,25). The van der Waals surface area contributed by atoms with Gasteiger partial charge in [0.1, 0.15) is 0 Å². The fraction of sp³-hybridized carbons (Fsp3) is 0.333. The van der Waals surface area contributed by atoms with E-state index in [1.807, 2.05) is 0 Å². The highest BCUT2D eigenvalue weighted by atomic mass is 35.5. The Morgan fingerprint density at radius 3 is 2.77 bits per heavy atom. The van der Waals surface area contributed by atoms with E-state index in [4.69, 9.17) is 27.9 Å². The van der Waals surface area contributed by atoms with Crippen molar-refractivity contribution in [3.63, 3.8) is 0 Å². The first-order chi connectivity index (χ1) is 12.6. The summed E-state index contributed by atoms with van der Waals surface area (Å²) in [5.74, 6) is -0.156. The second kappa shape index (κ2) is 9.19. The topological polar surface area (TPSA) is 66.5 Å². The Labute approximate surface area is 162 Å². The third-order valence-electron chi connectivity index (χ3n) is 4.03. The highest BCUT2D eigenvalue weighted by Gasteiger charge is 2.12. The molecule has 1 saturated heterocycles. The van der Waals surface area contributed by atoms with Crippen LogP contribution in [0.3, 0.4) is 0 Å². The first-order valence-electron chi connectivity index (χ1n) is 8.37. The SMILES string of the molecule is O=C(NCCN1CCOCC1)c1cncc(Nc2ccc(Cl)cc2Cl)c1. The van der Waals surface area contributed by atoms with Gasteiger partial charge in [-0.2, -0.15) is 0 Å². The number of halogens is 2. The molecular formula is C18H20Cl2N4O2. The summed E-state index contributed by atoms with van der Waals surface area (Å²) in [6.07, 6.45) is 3.17. The number of hydrogen-bond acceptors (Lipinski definition) is 5. The van der Waals surface area contributed by atoms with E-state index >= 15 is 0 Å². The minimum atomic E-state index is -0.156. The summed E-state index contributed by atoms with van der Waals surface area (Å²) in [4.78, 5) is 18.7. The van der Waals surface area contributed by atoms with Crippen molar-refractivity contribution in [3.8, 4) is 0 Å². The number of pyridine rings is 1. The molecule has 1 aliphatic rings. The highest BCUT2D eigenvalue weighted by Crippen LogP contribution is 2.28. The number of morpholine rings is 1. The van der Waals surface area contributed by atoms with Crippen LogP contribution < -0.4 is 10.6 Å². The molecule has 6 nitrogen and oxygen atoms in total. The molecule has 1 aromatic heterocycles.